The molecule has 2 aliphatic heterocycles. The molecule has 0 unspecified atom stereocenters. The summed E-state index contributed by atoms with van der Waals surface area (Å²) in [6.45, 7) is 5.37. The Morgan fingerprint density at radius 1 is 1.37 bits per heavy atom. The van der Waals surface area contributed by atoms with E-state index in [9.17, 15) is 19.7 Å². The number of aliphatic imine (C=N–C) groups is 1. The summed E-state index contributed by atoms with van der Waals surface area (Å²) >= 11 is 1.32. The van der Waals surface area contributed by atoms with Gasteiger partial charge in [-0.3, -0.25) is 19.8 Å². The lowest BCUT2D eigenvalue weighted by Gasteiger charge is -2.32. The van der Waals surface area contributed by atoms with E-state index in [1.807, 2.05) is 6.92 Å². The molecule has 1 saturated heterocycles. The summed E-state index contributed by atoms with van der Waals surface area (Å²) in [5.74, 6) is -0.836. The average Bonchev–Trinajstić information content (AvgIpc) is 2.96. The van der Waals surface area contributed by atoms with Gasteiger partial charge < -0.3 is 4.74 Å². The van der Waals surface area contributed by atoms with Crippen LogP contribution in [0.25, 0.3) is 0 Å². The molecule has 2 heterocycles. The first-order valence-corrected chi connectivity index (χ1v) is 9.48. The third-order valence-corrected chi connectivity index (χ3v) is 5.76. The van der Waals surface area contributed by atoms with E-state index < -0.39 is 16.9 Å². The van der Waals surface area contributed by atoms with Crippen molar-refractivity contribution in [3.63, 3.8) is 0 Å². The lowest BCUT2D eigenvalue weighted by Crippen LogP contribution is -2.41. The molecule has 2 atom stereocenters. The summed E-state index contributed by atoms with van der Waals surface area (Å²) in [6.07, 6.45) is 0.594. The second kappa shape index (κ2) is 7.51. The number of carbonyl (C=O) groups excluding carboxylic acids is 2. The highest BCUT2D eigenvalue weighted by Crippen LogP contribution is 2.45. The van der Waals surface area contributed by atoms with E-state index in [1.165, 1.54) is 22.7 Å². The number of allylic oxidation sites excluding steroid dienone is 1. The normalized spacial score (nSPS) is 21.8. The minimum Gasteiger partial charge on any atom is -0.463 e. The molecule has 0 aliphatic carbocycles. The van der Waals surface area contributed by atoms with Gasteiger partial charge in [0.25, 0.3) is 5.69 Å². The number of para-hydroxylation sites is 1. The molecule has 0 aromatic heterocycles. The van der Waals surface area contributed by atoms with E-state index in [1.54, 1.807) is 32.0 Å². The number of carbonyl (C=O) groups is 2. The number of ether oxygens (including phenoxy) is 1. The molecular weight excluding hydrogens is 370 g/mol. The van der Waals surface area contributed by atoms with Crippen molar-refractivity contribution >= 4 is 34.5 Å². The number of esters is 1. The van der Waals surface area contributed by atoms with Crippen LogP contribution < -0.4 is 0 Å². The van der Waals surface area contributed by atoms with Gasteiger partial charge in [-0.05, 0) is 26.3 Å². The molecule has 9 heteroatoms. The lowest BCUT2D eigenvalue weighted by atomic mass is 9.93. The number of hydrogen-bond donors (Lipinski definition) is 0. The maximum Gasteiger partial charge on any atom is 0.338 e. The molecule has 0 N–H and O–H groups in total. The van der Waals surface area contributed by atoms with Gasteiger partial charge in [0, 0.05) is 6.07 Å². The summed E-state index contributed by atoms with van der Waals surface area (Å²) in [6, 6.07) is 5.20. The quantitative estimate of drug-likeness (QED) is 0.435. The molecule has 0 bridgehead atoms. The zero-order valence-electron chi connectivity index (χ0n) is 15.2. The predicted octanol–water partition coefficient (Wildman–Crippen LogP) is 3.20. The predicted molar refractivity (Wildman–Crippen MR) is 101 cm³/mol. The van der Waals surface area contributed by atoms with Gasteiger partial charge in [-0.25, -0.2) is 9.79 Å². The van der Waals surface area contributed by atoms with Crippen molar-refractivity contribution in [2.45, 2.75) is 38.5 Å². The zero-order chi connectivity index (χ0) is 19.7. The van der Waals surface area contributed by atoms with Crippen LogP contribution in [0.2, 0.25) is 0 Å². The Morgan fingerprint density at radius 2 is 2.07 bits per heavy atom. The van der Waals surface area contributed by atoms with Crippen molar-refractivity contribution in [2.24, 2.45) is 4.99 Å². The summed E-state index contributed by atoms with van der Waals surface area (Å²) < 4.78 is 5.16. The highest BCUT2D eigenvalue weighted by atomic mass is 32.2. The van der Waals surface area contributed by atoms with Gasteiger partial charge in [0.2, 0.25) is 5.91 Å². The van der Waals surface area contributed by atoms with Crippen LogP contribution in [0.4, 0.5) is 5.69 Å². The van der Waals surface area contributed by atoms with Crippen LogP contribution in [0.15, 0.2) is 40.5 Å². The minimum atomic E-state index is -0.935. The van der Waals surface area contributed by atoms with Gasteiger partial charge in [-0.1, -0.05) is 30.8 Å². The summed E-state index contributed by atoms with van der Waals surface area (Å²) in [5, 5.41) is 11.7. The summed E-state index contributed by atoms with van der Waals surface area (Å²) in [5.41, 5.74) is 0.666. The molecule has 0 spiro atoms. The van der Waals surface area contributed by atoms with Crippen molar-refractivity contribution in [3.05, 3.63) is 51.2 Å². The first-order chi connectivity index (χ1) is 12.9. The number of fused-ring (bicyclic) bond motifs is 1. The van der Waals surface area contributed by atoms with Crippen molar-refractivity contribution in [3.8, 4) is 0 Å². The number of nitro groups is 1. The molecule has 0 saturated carbocycles. The highest BCUT2D eigenvalue weighted by Gasteiger charge is 2.48. The molecule has 1 aromatic rings. The fourth-order valence-electron chi connectivity index (χ4n) is 3.24. The number of benzene rings is 1. The Kier molecular flexibility index (Phi) is 5.31. The van der Waals surface area contributed by atoms with Crippen LogP contribution in [0.3, 0.4) is 0 Å². The molecule has 142 valence electrons. The first-order valence-electron chi connectivity index (χ1n) is 8.60. The molecule has 8 nitrogen and oxygen atoms in total. The van der Waals surface area contributed by atoms with E-state index in [0.29, 0.717) is 17.3 Å². The Labute approximate surface area is 160 Å². The van der Waals surface area contributed by atoms with Crippen LogP contribution in [-0.2, 0) is 14.3 Å². The SMILES string of the molecule is CCOC(=O)C1=C(C)N=C2S[C@@H](CC)C(=O)N2[C@@H]1c1ccccc1[N+](=O)[O-]. The highest BCUT2D eigenvalue weighted by molar-refractivity contribution is 8.15. The third-order valence-electron chi connectivity index (χ3n) is 4.45. The topological polar surface area (TPSA) is 102 Å². The van der Waals surface area contributed by atoms with Gasteiger partial charge in [0.15, 0.2) is 5.17 Å². The van der Waals surface area contributed by atoms with Gasteiger partial charge in [0.1, 0.15) is 6.04 Å². The van der Waals surface area contributed by atoms with Crippen LogP contribution in [0.1, 0.15) is 38.8 Å². The maximum absolute atomic E-state index is 12.9. The monoisotopic (exact) mass is 389 g/mol. The maximum atomic E-state index is 12.9. The van der Waals surface area contributed by atoms with Crippen LogP contribution in [0.5, 0.6) is 0 Å². The molecular formula is C18H19N3O5S. The molecule has 1 fully saturated rings. The molecule has 1 aromatic carbocycles. The fourth-order valence-corrected chi connectivity index (χ4v) is 4.37. The van der Waals surface area contributed by atoms with Crippen LogP contribution in [-0.4, -0.2) is 38.7 Å². The molecule has 0 radical (unpaired) electrons. The second-order valence-electron chi connectivity index (χ2n) is 6.06. The number of nitrogens with zero attached hydrogens (tertiary/aromatic N) is 3. The van der Waals surface area contributed by atoms with Crippen LogP contribution in [0, 0.1) is 10.1 Å². The zero-order valence-corrected chi connectivity index (χ0v) is 16.0. The molecule has 3 rings (SSSR count). The summed E-state index contributed by atoms with van der Waals surface area (Å²) in [7, 11) is 0. The number of amidine groups is 1. The fraction of sp³-hybridized carbons (Fsp3) is 0.389. The second-order valence-corrected chi connectivity index (χ2v) is 7.23. The lowest BCUT2D eigenvalue weighted by molar-refractivity contribution is -0.385. The number of nitro benzene ring substituents is 1. The smallest absolute Gasteiger partial charge is 0.338 e. The van der Waals surface area contributed by atoms with Gasteiger partial charge in [-0.15, -0.1) is 0 Å². The molecule has 1 amide bonds. The van der Waals surface area contributed by atoms with E-state index in [2.05, 4.69) is 4.99 Å². The first kappa shape index (κ1) is 19.1. The largest absolute Gasteiger partial charge is 0.463 e. The molecule has 2 aliphatic rings. The van der Waals surface area contributed by atoms with Crippen molar-refractivity contribution in [1.82, 2.24) is 4.90 Å². The Hall–Kier alpha value is -2.68. The van der Waals surface area contributed by atoms with Gasteiger partial charge in [-0.2, -0.15) is 0 Å². The van der Waals surface area contributed by atoms with Crippen LogP contribution >= 0.6 is 11.8 Å². The molecule has 27 heavy (non-hydrogen) atoms. The number of amides is 1. The Morgan fingerprint density at radius 3 is 2.70 bits per heavy atom. The average molecular weight is 389 g/mol. The standard InChI is InChI=1S/C18H19N3O5S/c1-4-13-16(22)20-15(11-8-6-7-9-12(11)21(24)25)14(17(23)26-5-2)10(3)19-18(20)27-13/h6-9,13,15H,4-5H2,1-3H3/t13-,15+/m0/s1. The third kappa shape index (κ3) is 3.23. The number of rotatable bonds is 5. The van der Waals surface area contributed by atoms with Crippen molar-refractivity contribution < 1.29 is 19.2 Å². The van der Waals surface area contributed by atoms with Crippen molar-refractivity contribution in [1.29, 1.82) is 0 Å². The van der Waals surface area contributed by atoms with E-state index in [4.69, 9.17) is 4.74 Å². The van der Waals surface area contributed by atoms with Gasteiger partial charge >= 0.3 is 5.97 Å². The van der Waals surface area contributed by atoms with E-state index >= 15 is 0 Å². The Balaban J connectivity index is 2.22. The Bertz CT molecular complexity index is 880. The number of hydrogen-bond acceptors (Lipinski definition) is 7. The van der Waals surface area contributed by atoms with Crippen molar-refractivity contribution in [2.75, 3.05) is 6.61 Å². The number of thioether (sulfide) groups is 1. The van der Waals surface area contributed by atoms with Gasteiger partial charge in [0.05, 0.1) is 33.6 Å². The minimum absolute atomic E-state index is 0.149. The summed E-state index contributed by atoms with van der Waals surface area (Å²) in [4.78, 5) is 42.5. The van der Waals surface area contributed by atoms with E-state index in [0.717, 1.165) is 0 Å². The van der Waals surface area contributed by atoms with E-state index in [-0.39, 0.29) is 34.6 Å².